The fourth-order valence-corrected chi connectivity index (χ4v) is 6.39. The number of nitrogens with one attached hydrogen (secondary N) is 1. The largest absolute Gasteiger partial charge is 0.495 e. The van der Waals surface area contributed by atoms with Gasteiger partial charge in [0.25, 0.3) is 10.0 Å². The molecular weight excluding hydrogens is 562 g/mol. The van der Waals surface area contributed by atoms with Gasteiger partial charge in [0, 0.05) is 20.0 Å². The Labute approximate surface area is 254 Å². The van der Waals surface area contributed by atoms with Gasteiger partial charge in [-0.25, -0.2) is 8.42 Å². The first kappa shape index (κ1) is 31.3. The summed E-state index contributed by atoms with van der Waals surface area (Å²) in [6, 6.07) is 29.3. The zero-order valence-corrected chi connectivity index (χ0v) is 25.7. The van der Waals surface area contributed by atoms with E-state index in [1.165, 1.54) is 31.2 Å². The van der Waals surface area contributed by atoms with Gasteiger partial charge in [0.05, 0.1) is 17.7 Å². The molecule has 0 radical (unpaired) electrons. The zero-order chi connectivity index (χ0) is 31.0. The number of benzene rings is 4. The van der Waals surface area contributed by atoms with Crippen LogP contribution in [-0.2, 0) is 32.6 Å². The van der Waals surface area contributed by atoms with Crippen molar-refractivity contribution in [2.75, 3.05) is 25.0 Å². The first-order valence-corrected chi connectivity index (χ1v) is 15.4. The van der Waals surface area contributed by atoms with Crippen LogP contribution < -0.4 is 14.4 Å². The lowest BCUT2D eigenvalue weighted by atomic mass is 10.0. The molecule has 0 aliphatic carbocycles. The van der Waals surface area contributed by atoms with E-state index in [2.05, 4.69) is 5.32 Å². The molecule has 0 spiro atoms. The number of amides is 2. The molecule has 0 aromatic heterocycles. The van der Waals surface area contributed by atoms with E-state index < -0.39 is 28.5 Å². The number of sulfonamides is 1. The average molecular weight is 600 g/mol. The van der Waals surface area contributed by atoms with E-state index in [4.69, 9.17) is 4.74 Å². The van der Waals surface area contributed by atoms with Crippen LogP contribution in [0, 0.1) is 13.8 Å². The van der Waals surface area contributed by atoms with Gasteiger partial charge in [-0.2, -0.15) is 0 Å². The quantitative estimate of drug-likeness (QED) is 0.250. The lowest BCUT2D eigenvalue weighted by Gasteiger charge is -2.34. The Kier molecular flexibility index (Phi) is 10.2. The molecule has 0 bridgehead atoms. The summed E-state index contributed by atoms with van der Waals surface area (Å²) in [6.07, 6.45) is 0.247. The molecule has 1 N–H and O–H groups in total. The van der Waals surface area contributed by atoms with Crippen LogP contribution in [0.4, 0.5) is 5.69 Å². The molecule has 1 atom stereocenters. The van der Waals surface area contributed by atoms with Crippen molar-refractivity contribution >= 4 is 27.5 Å². The topological polar surface area (TPSA) is 96.0 Å². The summed E-state index contributed by atoms with van der Waals surface area (Å²) < 4.78 is 34.9. The summed E-state index contributed by atoms with van der Waals surface area (Å²) in [5.74, 6) is -0.583. The van der Waals surface area contributed by atoms with Gasteiger partial charge < -0.3 is 15.0 Å². The van der Waals surface area contributed by atoms with E-state index in [0.29, 0.717) is 5.75 Å². The smallest absolute Gasteiger partial charge is 0.264 e. The number of carbonyl (C=O) groups is 2. The Morgan fingerprint density at radius 1 is 0.814 bits per heavy atom. The Hall–Kier alpha value is -4.63. The van der Waals surface area contributed by atoms with Crippen molar-refractivity contribution in [3.63, 3.8) is 0 Å². The Morgan fingerprint density at radius 3 is 2.07 bits per heavy atom. The molecule has 9 heteroatoms. The second kappa shape index (κ2) is 14.0. The molecule has 43 heavy (non-hydrogen) atoms. The predicted octanol–water partition coefficient (Wildman–Crippen LogP) is 4.89. The summed E-state index contributed by atoms with van der Waals surface area (Å²) >= 11 is 0. The number of rotatable bonds is 12. The SMILES string of the molecule is CNC(=O)[C@@H](Cc1ccccc1)N(Cc1cccc(C)c1)C(=O)CN(c1cc(C)ccc1OC)S(=O)(=O)c1ccccc1. The second-order valence-electron chi connectivity index (χ2n) is 10.3. The van der Waals surface area contributed by atoms with E-state index in [-0.39, 0.29) is 29.5 Å². The number of methoxy groups -OCH3 is 1. The molecular formula is C34H37N3O5S. The molecule has 0 unspecified atom stereocenters. The van der Waals surface area contributed by atoms with Crippen molar-refractivity contribution in [3.8, 4) is 5.75 Å². The van der Waals surface area contributed by atoms with Crippen LogP contribution >= 0.6 is 0 Å². The third kappa shape index (κ3) is 7.61. The lowest BCUT2D eigenvalue weighted by Crippen LogP contribution is -2.53. The minimum atomic E-state index is -4.22. The number of hydrogen-bond acceptors (Lipinski definition) is 5. The summed E-state index contributed by atoms with van der Waals surface area (Å²) in [5.41, 5.74) is 3.71. The number of nitrogens with zero attached hydrogens (tertiary/aromatic N) is 2. The molecule has 0 aliphatic rings. The fourth-order valence-electron chi connectivity index (χ4n) is 4.96. The average Bonchev–Trinajstić information content (AvgIpc) is 3.02. The van der Waals surface area contributed by atoms with Crippen molar-refractivity contribution < 1.29 is 22.7 Å². The normalized spacial score (nSPS) is 11.8. The lowest BCUT2D eigenvalue weighted by molar-refractivity contribution is -0.139. The maximum absolute atomic E-state index is 14.4. The molecule has 4 aromatic rings. The zero-order valence-electron chi connectivity index (χ0n) is 24.9. The van der Waals surface area contributed by atoms with Crippen LogP contribution in [0.15, 0.2) is 108 Å². The second-order valence-corrected chi connectivity index (χ2v) is 12.2. The van der Waals surface area contributed by atoms with E-state index in [1.54, 1.807) is 30.3 Å². The van der Waals surface area contributed by atoms with E-state index in [9.17, 15) is 18.0 Å². The number of likely N-dealkylation sites (N-methyl/N-ethyl adjacent to an activating group) is 1. The maximum atomic E-state index is 14.4. The first-order chi connectivity index (χ1) is 20.6. The van der Waals surface area contributed by atoms with Crippen LogP contribution in [0.2, 0.25) is 0 Å². The summed E-state index contributed by atoms with van der Waals surface area (Å²) in [6.45, 7) is 3.35. The molecule has 0 saturated carbocycles. The highest BCUT2D eigenvalue weighted by Crippen LogP contribution is 2.34. The minimum absolute atomic E-state index is 0.0312. The predicted molar refractivity (Wildman–Crippen MR) is 168 cm³/mol. The van der Waals surface area contributed by atoms with Crippen molar-refractivity contribution in [2.24, 2.45) is 0 Å². The highest BCUT2D eigenvalue weighted by Gasteiger charge is 2.35. The van der Waals surface area contributed by atoms with Gasteiger partial charge in [0.2, 0.25) is 11.8 Å². The first-order valence-electron chi connectivity index (χ1n) is 14.0. The van der Waals surface area contributed by atoms with Gasteiger partial charge in [-0.3, -0.25) is 13.9 Å². The van der Waals surface area contributed by atoms with Crippen LogP contribution in [0.3, 0.4) is 0 Å². The summed E-state index contributed by atoms with van der Waals surface area (Å²) in [7, 11) is -1.24. The number of aryl methyl sites for hydroxylation is 2. The van der Waals surface area contributed by atoms with Crippen LogP contribution in [-0.4, -0.2) is 51.9 Å². The maximum Gasteiger partial charge on any atom is 0.264 e. The number of anilines is 1. The van der Waals surface area contributed by atoms with Crippen LogP contribution in [0.5, 0.6) is 5.75 Å². The third-order valence-corrected chi connectivity index (χ3v) is 8.94. The van der Waals surface area contributed by atoms with Gasteiger partial charge in [-0.1, -0.05) is 84.4 Å². The molecule has 0 saturated heterocycles. The molecule has 2 amide bonds. The Balaban J connectivity index is 1.83. The molecule has 4 rings (SSSR count). The number of carbonyl (C=O) groups excluding carboxylic acids is 2. The minimum Gasteiger partial charge on any atom is -0.495 e. The van der Waals surface area contributed by atoms with Crippen molar-refractivity contribution in [2.45, 2.75) is 37.8 Å². The monoisotopic (exact) mass is 599 g/mol. The fraction of sp³-hybridized carbons (Fsp3) is 0.235. The Bertz CT molecular complexity index is 1660. The van der Waals surface area contributed by atoms with Gasteiger partial charge in [-0.15, -0.1) is 0 Å². The van der Waals surface area contributed by atoms with Gasteiger partial charge in [0.15, 0.2) is 0 Å². The van der Waals surface area contributed by atoms with Gasteiger partial charge >= 0.3 is 0 Å². The molecule has 0 fully saturated rings. The van der Waals surface area contributed by atoms with Gasteiger partial charge in [0.1, 0.15) is 18.3 Å². The van der Waals surface area contributed by atoms with Crippen LogP contribution in [0.25, 0.3) is 0 Å². The van der Waals surface area contributed by atoms with Gasteiger partial charge in [-0.05, 0) is 54.8 Å². The van der Waals surface area contributed by atoms with Crippen molar-refractivity contribution in [1.29, 1.82) is 0 Å². The van der Waals surface area contributed by atoms with E-state index in [0.717, 1.165) is 26.6 Å². The third-order valence-electron chi connectivity index (χ3n) is 7.17. The molecule has 224 valence electrons. The standard InChI is InChI=1S/C34H37N3O5S/c1-25-12-11-15-28(20-25)23-36(31(34(39)35-3)22-27-13-7-5-8-14-27)33(38)24-37(30-21-26(2)18-19-32(30)42-4)43(40,41)29-16-9-6-10-17-29/h5-21,31H,22-24H2,1-4H3,(H,35,39)/t31-/m1/s1. The Morgan fingerprint density at radius 2 is 1.44 bits per heavy atom. The number of ether oxygens (including phenoxy) is 1. The molecule has 8 nitrogen and oxygen atoms in total. The van der Waals surface area contributed by atoms with E-state index in [1.807, 2.05) is 74.5 Å². The van der Waals surface area contributed by atoms with Crippen molar-refractivity contribution in [3.05, 3.63) is 125 Å². The summed E-state index contributed by atoms with van der Waals surface area (Å²) in [5, 5.41) is 2.70. The van der Waals surface area contributed by atoms with E-state index >= 15 is 0 Å². The molecule has 0 heterocycles. The number of hydrogen-bond donors (Lipinski definition) is 1. The highest BCUT2D eigenvalue weighted by molar-refractivity contribution is 7.92. The molecule has 4 aromatic carbocycles. The highest BCUT2D eigenvalue weighted by atomic mass is 32.2. The summed E-state index contributed by atoms with van der Waals surface area (Å²) in [4.78, 5) is 29.3. The van der Waals surface area contributed by atoms with Crippen LogP contribution in [0.1, 0.15) is 22.3 Å². The van der Waals surface area contributed by atoms with Crippen molar-refractivity contribution in [1.82, 2.24) is 10.2 Å². The molecule has 0 aliphatic heterocycles.